The van der Waals surface area contributed by atoms with Gasteiger partial charge in [0.2, 0.25) is 5.76 Å². The molecule has 2 heterocycles. The first-order valence-corrected chi connectivity index (χ1v) is 10.6. The molecule has 2 aromatic heterocycles. The normalized spacial score (nSPS) is 13.8. The standard InChI is InChI=1S/C24H18F4N4O2/c25-17-9-7-14(8-10-17)20-19(21(34-32-20)24(26,27)28)18-12-29-22(31-18)15-3-5-16(6-4-15)23(33)30-11-13-1-2-13/h3-10,12-13H,1-2,11H2,(H,29,31)(H,30,33). The topological polar surface area (TPSA) is 83.8 Å². The predicted octanol–water partition coefficient (Wildman–Crippen LogP) is 5.70. The summed E-state index contributed by atoms with van der Waals surface area (Å²) in [5.74, 6) is -1.14. The Bertz CT molecular complexity index is 1320. The summed E-state index contributed by atoms with van der Waals surface area (Å²) in [6, 6.07) is 11.5. The minimum absolute atomic E-state index is 0.0332. The lowest BCUT2D eigenvalue weighted by Gasteiger charge is -2.05. The van der Waals surface area contributed by atoms with E-state index in [-0.39, 0.29) is 28.4 Å². The Morgan fingerprint density at radius 2 is 1.74 bits per heavy atom. The van der Waals surface area contributed by atoms with Gasteiger partial charge in [-0.15, -0.1) is 0 Å². The summed E-state index contributed by atoms with van der Waals surface area (Å²) >= 11 is 0. The highest BCUT2D eigenvalue weighted by Gasteiger charge is 2.41. The molecule has 1 aliphatic rings. The molecule has 0 saturated heterocycles. The minimum atomic E-state index is -4.81. The number of rotatable bonds is 6. The highest BCUT2D eigenvalue weighted by molar-refractivity contribution is 5.94. The molecule has 34 heavy (non-hydrogen) atoms. The van der Waals surface area contributed by atoms with E-state index in [4.69, 9.17) is 0 Å². The first-order valence-electron chi connectivity index (χ1n) is 10.6. The molecule has 6 nitrogen and oxygen atoms in total. The number of alkyl halides is 3. The average Bonchev–Trinajstić information content (AvgIpc) is 3.32. The van der Waals surface area contributed by atoms with Crippen LogP contribution in [0.15, 0.2) is 59.3 Å². The third kappa shape index (κ3) is 4.43. The third-order valence-corrected chi connectivity index (χ3v) is 5.57. The molecule has 5 rings (SSSR count). The second-order valence-corrected chi connectivity index (χ2v) is 8.11. The van der Waals surface area contributed by atoms with Gasteiger partial charge < -0.3 is 14.8 Å². The van der Waals surface area contributed by atoms with Gasteiger partial charge in [-0.25, -0.2) is 9.37 Å². The van der Waals surface area contributed by atoms with Crippen molar-refractivity contribution in [1.29, 1.82) is 0 Å². The number of carbonyl (C=O) groups excluding carboxylic acids is 1. The second-order valence-electron chi connectivity index (χ2n) is 8.11. The lowest BCUT2D eigenvalue weighted by Crippen LogP contribution is -2.25. The highest BCUT2D eigenvalue weighted by atomic mass is 19.4. The van der Waals surface area contributed by atoms with Crippen LogP contribution < -0.4 is 5.32 Å². The Morgan fingerprint density at radius 3 is 2.38 bits per heavy atom. The molecular weight excluding hydrogens is 452 g/mol. The van der Waals surface area contributed by atoms with Gasteiger partial charge in [-0.2, -0.15) is 13.2 Å². The number of hydrogen-bond donors (Lipinski definition) is 2. The van der Waals surface area contributed by atoms with Crippen LogP contribution in [-0.4, -0.2) is 27.6 Å². The van der Waals surface area contributed by atoms with Gasteiger partial charge in [-0.1, -0.05) is 17.3 Å². The second kappa shape index (κ2) is 8.44. The van der Waals surface area contributed by atoms with E-state index in [0.717, 1.165) is 25.0 Å². The lowest BCUT2D eigenvalue weighted by molar-refractivity contribution is -0.154. The molecule has 10 heteroatoms. The average molecular weight is 470 g/mol. The number of carbonyl (C=O) groups is 1. The van der Waals surface area contributed by atoms with Crippen molar-refractivity contribution in [1.82, 2.24) is 20.4 Å². The van der Waals surface area contributed by atoms with E-state index in [1.807, 2.05) is 0 Å². The van der Waals surface area contributed by atoms with Crippen LogP contribution >= 0.6 is 0 Å². The van der Waals surface area contributed by atoms with Gasteiger partial charge in [0.05, 0.1) is 11.3 Å². The van der Waals surface area contributed by atoms with Crippen LogP contribution in [0.3, 0.4) is 0 Å². The number of halogens is 4. The summed E-state index contributed by atoms with van der Waals surface area (Å²) < 4.78 is 58.8. The molecule has 2 aromatic carbocycles. The number of amides is 1. The van der Waals surface area contributed by atoms with Gasteiger partial charge in [0.25, 0.3) is 5.91 Å². The lowest BCUT2D eigenvalue weighted by atomic mass is 10.0. The number of benzene rings is 2. The van der Waals surface area contributed by atoms with Gasteiger partial charge in [0.15, 0.2) is 0 Å². The molecule has 1 fully saturated rings. The number of H-pyrrole nitrogens is 1. The van der Waals surface area contributed by atoms with Crippen LogP contribution in [0.4, 0.5) is 17.6 Å². The predicted molar refractivity (Wildman–Crippen MR) is 115 cm³/mol. The molecule has 0 bridgehead atoms. The fourth-order valence-corrected chi connectivity index (χ4v) is 3.56. The number of aromatic amines is 1. The largest absolute Gasteiger partial charge is 0.453 e. The van der Waals surface area contributed by atoms with E-state index < -0.39 is 17.8 Å². The maximum Gasteiger partial charge on any atom is 0.453 e. The van der Waals surface area contributed by atoms with Crippen molar-refractivity contribution < 1.29 is 26.9 Å². The van der Waals surface area contributed by atoms with Crippen LogP contribution in [0, 0.1) is 11.7 Å². The van der Waals surface area contributed by atoms with Gasteiger partial charge in [0.1, 0.15) is 17.3 Å². The maximum atomic E-state index is 13.6. The van der Waals surface area contributed by atoms with Crippen LogP contribution in [0.2, 0.25) is 0 Å². The van der Waals surface area contributed by atoms with Crippen molar-refractivity contribution in [3.8, 4) is 33.9 Å². The van der Waals surface area contributed by atoms with Crippen molar-refractivity contribution in [2.24, 2.45) is 5.92 Å². The van der Waals surface area contributed by atoms with Crippen molar-refractivity contribution in [2.45, 2.75) is 19.0 Å². The summed E-state index contributed by atoms with van der Waals surface area (Å²) in [4.78, 5) is 19.4. The van der Waals surface area contributed by atoms with Crippen molar-refractivity contribution in [2.75, 3.05) is 6.54 Å². The van der Waals surface area contributed by atoms with Crippen LogP contribution in [0.25, 0.3) is 33.9 Å². The Hall–Kier alpha value is -3.95. The molecular formula is C24H18F4N4O2. The molecule has 1 aliphatic carbocycles. The Morgan fingerprint density at radius 1 is 1.06 bits per heavy atom. The highest BCUT2D eigenvalue weighted by Crippen LogP contribution is 2.42. The van der Waals surface area contributed by atoms with Crippen molar-refractivity contribution >= 4 is 5.91 Å². The molecule has 1 saturated carbocycles. The zero-order valence-corrected chi connectivity index (χ0v) is 17.6. The van der Waals surface area contributed by atoms with E-state index in [2.05, 4.69) is 25.0 Å². The molecule has 2 N–H and O–H groups in total. The van der Waals surface area contributed by atoms with Gasteiger partial charge >= 0.3 is 6.18 Å². The van der Waals surface area contributed by atoms with Gasteiger partial charge in [-0.05, 0) is 55.2 Å². The van der Waals surface area contributed by atoms with Crippen LogP contribution in [-0.2, 0) is 6.18 Å². The Kier molecular flexibility index (Phi) is 5.43. The van der Waals surface area contributed by atoms with E-state index in [1.54, 1.807) is 24.3 Å². The monoisotopic (exact) mass is 470 g/mol. The zero-order chi connectivity index (χ0) is 23.9. The third-order valence-electron chi connectivity index (χ3n) is 5.57. The number of hydrogen-bond acceptors (Lipinski definition) is 4. The molecule has 174 valence electrons. The van der Waals surface area contributed by atoms with Crippen LogP contribution in [0.1, 0.15) is 29.0 Å². The zero-order valence-electron chi connectivity index (χ0n) is 17.6. The Balaban J connectivity index is 1.45. The van der Waals surface area contributed by atoms with E-state index in [9.17, 15) is 22.4 Å². The first kappa shape index (κ1) is 21.9. The SMILES string of the molecule is O=C(NCC1CC1)c1ccc(-c2nc(-c3c(-c4ccc(F)cc4)noc3C(F)(F)F)c[nH]2)cc1. The molecule has 4 aromatic rings. The van der Waals surface area contributed by atoms with E-state index >= 15 is 0 Å². The van der Waals surface area contributed by atoms with Gasteiger partial charge in [-0.3, -0.25) is 4.79 Å². The summed E-state index contributed by atoms with van der Waals surface area (Å²) in [6.45, 7) is 0.652. The number of nitrogens with one attached hydrogen (secondary N) is 2. The number of imidazole rings is 1. The smallest absolute Gasteiger partial charge is 0.352 e. The summed E-state index contributed by atoms with van der Waals surface area (Å²) in [7, 11) is 0. The number of nitrogens with zero attached hydrogens (tertiary/aromatic N) is 2. The molecule has 0 aliphatic heterocycles. The summed E-state index contributed by atoms with van der Waals surface area (Å²) in [6.07, 6.45) is -1.23. The maximum absolute atomic E-state index is 13.6. The van der Waals surface area contributed by atoms with Crippen molar-refractivity contribution in [3.63, 3.8) is 0 Å². The Labute approximate surface area is 191 Å². The molecule has 0 spiro atoms. The van der Waals surface area contributed by atoms with Crippen molar-refractivity contribution in [3.05, 3.63) is 71.9 Å². The quantitative estimate of drug-likeness (QED) is 0.354. The molecule has 0 unspecified atom stereocenters. The van der Waals surface area contributed by atoms with Gasteiger partial charge in [0, 0.05) is 29.4 Å². The fraction of sp³-hybridized carbons (Fsp3) is 0.208. The number of aromatic nitrogens is 3. The fourth-order valence-electron chi connectivity index (χ4n) is 3.56. The molecule has 0 radical (unpaired) electrons. The first-order chi connectivity index (χ1) is 16.3. The molecule has 1 amide bonds. The van der Waals surface area contributed by atoms with E-state index in [1.165, 1.54) is 18.3 Å². The minimum Gasteiger partial charge on any atom is -0.352 e. The van der Waals surface area contributed by atoms with Crippen LogP contribution in [0.5, 0.6) is 0 Å². The molecule has 0 atom stereocenters. The van der Waals surface area contributed by atoms with E-state index in [0.29, 0.717) is 29.4 Å². The summed E-state index contributed by atoms with van der Waals surface area (Å²) in [5, 5.41) is 6.47. The summed E-state index contributed by atoms with van der Waals surface area (Å²) in [5.41, 5.74) is 0.827.